The Kier molecular flexibility index (Phi) is 9.92. The van der Waals surface area contributed by atoms with Crippen molar-refractivity contribution in [3.05, 3.63) is 72.9 Å². The Morgan fingerprint density at radius 2 is 1.33 bits per heavy atom. The summed E-state index contributed by atoms with van der Waals surface area (Å²) in [5.74, 6) is -2.10. The molecule has 0 atom stereocenters. The molecule has 6 nitrogen and oxygen atoms in total. The SMILES string of the molecule is C=C(C)C(=O)O.C=CCOC(=O)c1ccccc1C(=O)OCC=C. The van der Waals surface area contributed by atoms with Crippen LogP contribution in [-0.4, -0.2) is 36.2 Å². The van der Waals surface area contributed by atoms with E-state index in [4.69, 9.17) is 14.6 Å². The Balaban J connectivity index is 0.000000754. The molecule has 0 aliphatic carbocycles. The summed E-state index contributed by atoms with van der Waals surface area (Å²) in [7, 11) is 0. The van der Waals surface area contributed by atoms with Crippen LogP contribution < -0.4 is 0 Å². The maximum atomic E-state index is 11.7. The molecule has 1 rings (SSSR count). The number of hydrogen-bond acceptors (Lipinski definition) is 5. The minimum atomic E-state index is -0.935. The van der Waals surface area contributed by atoms with Crippen LogP contribution in [0.2, 0.25) is 0 Å². The van der Waals surface area contributed by atoms with E-state index in [1.54, 1.807) is 12.1 Å². The fraction of sp³-hybridized carbons (Fsp3) is 0.167. The molecule has 0 bridgehead atoms. The number of rotatable bonds is 7. The Morgan fingerprint density at radius 3 is 1.58 bits per heavy atom. The van der Waals surface area contributed by atoms with Crippen molar-refractivity contribution in [3.8, 4) is 0 Å². The Bertz CT molecular complexity index is 575. The molecule has 24 heavy (non-hydrogen) atoms. The number of carbonyl (C=O) groups is 3. The zero-order valence-electron chi connectivity index (χ0n) is 13.5. The second kappa shape index (κ2) is 11.4. The van der Waals surface area contributed by atoms with E-state index in [1.807, 2.05) is 0 Å². The molecular formula is C18H20O6. The highest BCUT2D eigenvalue weighted by molar-refractivity contribution is 6.03. The summed E-state index contributed by atoms with van der Waals surface area (Å²) in [5, 5.41) is 7.89. The van der Waals surface area contributed by atoms with Gasteiger partial charge in [-0.3, -0.25) is 0 Å². The van der Waals surface area contributed by atoms with Crippen LogP contribution in [0.25, 0.3) is 0 Å². The number of aliphatic carboxylic acids is 1. The van der Waals surface area contributed by atoms with Gasteiger partial charge in [0.05, 0.1) is 11.1 Å². The molecule has 0 saturated carbocycles. The molecule has 6 heteroatoms. The molecule has 0 fully saturated rings. The van der Waals surface area contributed by atoms with Gasteiger partial charge >= 0.3 is 17.9 Å². The third-order valence-corrected chi connectivity index (χ3v) is 2.40. The summed E-state index contributed by atoms with van der Waals surface area (Å²) in [6.07, 6.45) is 2.91. The van der Waals surface area contributed by atoms with Crippen molar-refractivity contribution in [1.82, 2.24) is 0 Å². The summed E-state index contributed by atoms with van der Waals surface area (Å²) >= 11 is 0. The summed E-state index contributed by atoms with van der Waals surface area (Å²) in [6, 6.07) is 6.31. The normalized spacial score (nSPS) is 8.88. The first-order chi connectivity index (χ1) is 11.3. The largest absolute Gasteiger partial charge is 0.478 e. The summed E-state index contributed by atoms with van der Waals surface area (Å²) < 4.78 is 9.78. The third-order valence-electron chi connectivity index (χ3n) is 2.40. The van der Waals surface area contributed by atoms with Crippen molar-refractivity contribution in [2.24, 2.45) is 0 Å². The predicted octanol–water partition coefficient (Wildman–Crippen LogP) is 3.02. The molecule has 0 heterocycles. The van der Waals surface area contributed by atoms with E-state index in [9.17, 15) is 14.4 Å². The van der Waals surface area contributed by atoms with Crippen molar-refractivity contribution in [3.63, 3.8) is 0 Å². The van der Waals surface area contributed by atoms with Gasteiger partial charge in [0.25, 0.3) is 0 Å². The van der Waals surface area contributed by atoms with E-state index in [2.05, 4.69) is 19.7 Å². The summed E-state index contributed by atoms with van der Waals surface area (Å²) in [6.45, 7) is 11.7. The number of hydrogen-bond donors (Lipinski definition) is 1. The van der Waals surface area contributed by atoms with E-state index >= 15 is 0 Å². The predicted molar refractivity (Wildman–Crippen MR) is 89.9 cm³/mol. The van der Waals surface area contributed by atoms with E-state index in [1.165, 1.54) is 31.2 Å². The number of benzene rings is 1. The van der Waals surface area contributed by atoms with Gasteiger partial charge in [-0.2, -0.15) is 0 Å². The highest BCUT2D eigenvalue weighted by atomic mass is 16.5. The molecule has 1 N–H and O–H groups in total. The van der Waals surface area contributed by atoms with Crippen molar-refractivity contribution in [1.29, 1.82) is 0 Å². The molecule has 0 aliphatic rings. The average molecular weight is 332 g/mol. The van der Waals surface area contributed by atoms with Crippen LogP contribution in [0.1, 0.15) is 27.6 Å². The van der Waals surface area contributed by atoms with Crippen molar-refractivity contribution >= 4 is 17.9 Å². The Morgan fingerprint density at radius 1 is 1.00 bits per heavy atom. The molecule has 0 unspecified atom stereocenters. The lowest BCUT2D eigenvalue weighted by Gasteiger charge is -2.07. The van der Waals surface area contributed by atoms with E-state index in [0.717, 1.165) is 0 Å². The summed E-state index contributed by atoms with van der Waals surface area (Å²) in [5.41, 5.74) is 0.525. The van der Waals surface area contributed by atoms with E-state index in [-0.39, 0.29) is 29.9 Å². The van der Waals surface area contributed by atoms with Gasteiger partial charge in [0.2, 0.25) is 0 Å². The molecule has 128 valence electrons. The van der Waals surface area contributed by atoms with Gasteiger partial charge in [-0.25, -0.2) is 14.4 Å². The lowest BCUT2D eigenvalue weighted by Crippen LogP contribution is -2.14. The average Bonchev–Trinajstić information content (AvgIpc) is 2.57. The molecule has 0 spiro atoms. The van der Waals surface area contributed by atoms with Crippen LogP contribution in [0.4, 0.5) is 0 Å². The molecule has 1 aromatic rings. The van der Waals surface area contributed by atoms with Gasteiger partial charge < -0.3 is 14.6 Å². The number of carbonyl (C=O) groups excluding carboxylic acids is 2. The lowest BCUT2D eigenvalue weighted by atomic mass is 10.1. The number of carboxylic acid groups (broad SMARTS) is 1. The molecule has 0 saturated heterocycles. The van der Waals surface area contributed by atoms with Crippen LogP contribution in [-0.2, 0) is 14.3 Å². The number of esters is 2. The van der Waals surface area contributed by atoms with Crippen molar-refractivity contribution in [2.75, 3.05) is 13.2 Å². The van der Waals surface area contributed by atoms with Gasteiger partial charge in [-0.15, -0.1) is 0 Å². The molecule has 0 radical (unpaired) electrons. The number of ether oxygens (including phenoxy) is 2. The third kappa shape index (κ3) is 7.74. The van der Waals surface area contributed by atoms with Gasteiger partial charge in [0.15, 0.2) is 0 Å². The lowest BCUT2D eigenvalue weighted by molar-refractivity contribution is -0.132. The second-order valence-electron chi connectivity index (χ2n) is 4.41. The zero-order chi connectivity index (χ0) is 18.5. The molecule has 0 aliphatic heterocycles. The van der Waals surface area contributed by atoms with Crippen molar-refractivity contribution < 1.29 is 29.0 Å². The fourth-order valence-electron chi connectivity index (χ4n) is 1.26. The van der Waals surface area contributed by atoms with Crippen LogP contribution in [0.3, 0.4) is 0 Å². The topological polar surface area (TPSA) is 89.9 Å². The van der Waals surface area contributed by atoms with Crippen LogP contribution in [0.15, 0.2) is 61.7 Å². The van der Waals surface area contributed by atoms with Crippen LogP contribution >= 0.6 is 0 Å². The molecule has 0 amide bonds. The Labute approximate surface area is 140 Å². The zero-order valence-corrected chi connectivity index (χ0v) is 13.5. The molecule has 0 aromatic heterocycles. The first kappa shape index (κ1) is 20.9. The van der Waals surface area contributed by atoms with Crippen molar-refractivity contribution in [2.45, 2.75) is 6.92 Å². The maximum absolute atomic E-state index is 11.7. The van der Waals surface area contributed by atoms with Crippen LogP contribution in [0.5, 0.6) is 0 Å². The monoisotopic (exact) mass is 332 g/mol. The van der Waals surface area contributed by atoms with Gasteiger partial charge in [0, 0.05) is 5.57 Å². The van der Waals surface area contributed by atoms with E-state index < -0.39 is 17.9 Å². The smallest absolute Gasteiger partial charge is 0.339 e. The highest BCUT2D eigenvalue weighted by Gasteiger charge is 2.18. The van der Waals surface area contributed by atoms with E-state index in [0.29, 0.717) is 0 Å². The maximum Gasteiger partial charge on any atom is 0.339 e. The fourth-order valence-corrected chi connectivity index (χ4v) is 1.26. The van der Waals surface area contributed by atoms with Gasteiger partial charge in [-0.05, 0) is 19.1 Å². The van der Waals surface area contributed by atoms with Gasteiger partial charge in [0.1, 0.15) is 13.2 Å². The minimum Gasteiger partial charge on any atom is -0.478 e. The van der Waals surface area contributed by atoms with Gasteiger partial charge in [-0.1, -0.05) is 44.0 Å². The number of carboxylic acids is 1. The highest BCUT2D eigenvalue weighted by Crippen LogP contribution is 2.12. The minimum absolute atomic E-state index is 0.0921. The quantitative estimate of drug-likeness (QED) is 0.469. The summed E-state index contributed by atoms with van der Waals surface area (Å²) in [4.78, 5) is 33.0. The van der Waals surface area contributed by atoms with Crippen LogP contribution in [0, 0.1) is 0 Å². The first-order valence-corrected chi connectivity index (χ1v) is 6.89. The second-order valence-corrected chi connectivity index (χ2v) is 4.41. The molecule has 1 aromatic carbocycles. The Hall–Kier alpha value is -3.15. The molecular weight excluding hydrogens is 312 g/mol. The standard InChI is InChI=1S/C14H14O4.C4H6O2/c1-3-9-17-13(15)11-7-5-6-8-12(11)14(16)18-10-4-2;1-3(2)4(5)6/h3-8H,1-2,9-10H2;1H2,2H3,(H,5,6). The first-order valence-electron chi connectivity index (χ1n) is 6.89.